The van der Waals surface area contributed by atoms with Crippen molar-refractivity contribution >= 4 is 44.6 Å². The second-order valence-corrected chi connectivity index (χ2v) is 14.5. The van der Waals surface area contributed by atoms with Gasteiger partial charge in [-0.15, -0.1) is 0 Å². The van der Waals surface area contributed by atoms with Gasteiger partial charge in [0.1, 0.15) is 10.8 Å². The zero-order valence-corrected chi connectivity index (χ0v) is 26.6. The molecule has 2 aliphatic rings. The third kappa shape index (κ3) is 6.67. The minimum atomic E-state index is -3.53. The molecule has 1 aromatic heterocycles. The van der Waals surface area contributed by atoms with Crippen LogP contribution in [0.15, 0.2) is 47.5 Å². The molecule has 0 radical (unpaired) electrons. The molecule has 5 rings (SSSR count). The van der Waals surface area contributed by atoms with Crippen molar-refractivity contribution in [1.29, 1.82) is 0 Å². The highest BCUT2D eigenvalue weighted by Crippen LogP contribution is 2.38. The first kappa shape index (κ1) is 30.5. The number of halogens is 1. The zero-order valence-electron chi connectivity index (χ0n) is 25.0. The molecule has 3 aromatic rings. The molecule has 0 atom stereocenters. The third-order valence-corrected chi connectivity index (χ3v) is 10.5. The maximum absolute atomic E-state index is 13.0. The molecule has 2 aliphatic heterocycles. The van der Waals surface area contributed by atoms with E-state index in [0.717, 1.165) is 44.2 Å². The van der Waals surface area contributed by atoms with Crippen LogP contribution in [0.4, 0.5) is 23.1 Å². The average molecular weight is 613 g/mol. The minimum absolute atomic E-state index is 0.0118. The first-order valence-electron chi connectivity index (χ1n) is 14.7. The van der Waals surface area contributed by atoms with Crippen molar-refractivity contribution in [1.82, 2.24) is 19.8 Å². The summed E-state index contributed by atoms with van der Waals surface area (Å²) in [7, 11) is -3.53. The van der Waals surface area contributed by atoms with Gasteiger partial charge >= 0.3 is 0 Å². The van der Waals surface area contributed by atoms with Crippen LogP contribution < -0.4 is 15.4 Å². The molecule has 9 nitrogen and oxygen atoms in total. The second-order valence-electron chi connectivity index (χ2n) is 11.6. The number of likely N-dealkylation sites (tertiary alicyclic amines) is 1. The van der Waals surface area contributed by atoms with Gasteiger partial charge in [0.15, 0.2) is 15.7 Å². The smallest absolute Gasteiger partial charge is 0.229 e. The van der Waals surface area contributed by atoms with Gasteiger partial charge in [-0.05, 0) is 95.6 Å². The van der Waals surface area contributed by atoms with Crippen molar-refractivity contribution in [2.24, 2.45) is 0 Å². The van der Waals surface area contributed by atoms with E-state index in [2.05, 4.69) is 49.5 Å². The van der Waals surface area contributed by atoms with Crippen LogP contribution in [0.1, 0.15) is 58.6 Å². The molecule has 0 bridgehead atoms. The first-order valence-corrected chi connectivity index (χ1v) is 16.7. The van der Waals surface area contributed by atoms with Crippen LogP contribution >= 0.6 is 11.6 Å². The van der Waals surface area contributed by atoms with Crippen molar-refractivity contribution in [3.05, 3.63) is 58.7 Å². The van der Waals surface area contributed by atoms with Gasteiger partial charge in [-0.2, -0.15) is 4.98 Å². The lowest BCUT2D eigenvalue weighted by molar-refractivity contribution is 0.110. The summed E-state index contributed by atoms with van der Waals surface area (Å²) in [4.78, 5) is 14.3. The van der Waals surface area contributed by atoms with E-state index in [1.807, 2.05) is 13.8 Å². The number of ether oxygens (including phenoxy) is 1. The van der Waals surface area contributed by atoms with Crippen LogP contribution in [0.2, 0.25) is 5.02 Å². The first-order chi connectivity index (χ1) is 20.0. The molecule has 2 N–H and O–H groups in total. The number of nitrogens with zero attached hydrogens (tertiary/aromatic N) is 4. The molecule has 0 unspecified atom stereocenters. The summed E-state index contributed by atoms with van der Waals surface area (Å²) < 4.78 is 32.2. The Morgan fingerprint density at radius 1 is 1.02 bits per heavy atom. The zero-order chi connectivity index (χ0) is 30.0. The number of anilines is 4. The van der Waals surface area contributed by atoms with E-state index in [1.54, 1.807) is 38.1 Å². The normalized spacial score (nSPS) is 16.7. The van der Waals surface area contributed by atoms with E-state index in [4.69, 9.17) is 16.3 Å². The van der Waals surface area contributed by atoms with Crippen LogP contribution in [0.25, 0.3) is 0 Å². The molecular weight excluding hydrogens is 572 g/mol. The van der Waals surface area contributed by atoms with Crippen LogP contribution in [0, 0.1) is 0 Å². The molecule has 226 valence electrons. The van der Waals surface area contributed by atoms with E-state index in [-0.39, 0.29) is 16.0 Å². The Morgan fingerprint density at radius 2 is 1.71 bits per heavy atom. The van der Waals surface area contributed by atoms with E-state index in [0.29, 0.717) is 23.5 Å². The van der Waals surface area contributed by atoms with Gasteiger partial charge in [0, 0.05) is 19.1 Å². The Bertz CT molecular complexity index is 1520. The lowest BCUT2D eigenvalue weighted by Gasteiger charge is -2.36. The summed E-state index contributed by atoms with van der Waals surface area (Å²) in [6.07, 6.45) is 3.87. The molecule has 0 amide bonds. The summed E-state index contributed by atoms with van der Waals surface area (Å²) in [6.45, 7) is 14.8. The monoisotopic (exact) mass is 612 g/mol. The van der Waals surface area contributed by atoms with Gasteiger partial charge in [-0.3, -0.25) is 4.90 Å². The van der Waals surface area contributed by atoms with Gasteiger partial charge in [0.25, 0.3) is 0 Å². The summed E-state index contributed by atoms with van der Waals surface area (Å²) in [5.41, 5.74) is 3.74. The number of fused-ring (bicyclic) bond motifs is 1. The Labute approximate surface area is 254 Å². The van der Waals surface area contributed by atoms with E-state index >= 15 is 0 Å². The van der Waals surface area contributed by atoms with Gasteiger partial charge in [0.2, 0.25) is 5.95 Å². The van der Waals surface area contributed by atoms with Gasteiger partial charge in [-0.1, -0.05) is 30.7 Å². The predicted molar refractivity (Wildman–Crippen MR) is 169 cm³/mol. The van der Waals surface area contributed by atoms with Gasteiger partial charge < -0.3 is 20.3 Å². The number of hydrogen-bond donors (Lipinski definition) is 2. The molecule has 1 saturated heterocycles. The van der Waals surface area contributed by atoms with Crippen molar-refractivity contribution in [2.75, 3.05) is 30.3 Å². The topological polar surface area (TPSA) is 99.7 Å². The number of aromatic nitrogens is 2. The van der Waals surface area contributed by atoms with E-state index in [9.17, 15) is 8.42 Å². The fraction of sp³-hybridized carbons (Fsp3) is 0.484. The van der Waals surface area contributed by atoms with Crippen LogP contribution in [-0.2, 0) is 22.9 Å². The Kier molecular flexibility index (Phi) is 9.27. The maximum Gasteiger partial charge on any atom is 0.229 e. The van der Waals surface area contributed by atoms with Gasteiger partial charge in [0.05, 0.1) is 33.8 Å². The standard InChI is InChI=1S/C31H41ClN6O3S/c1-6-37-13-11-24(12-14-37)38-18-22-15-27(28(41-20(2)3)16-23(22)19-38)35-31-33-17-25(32)30(36-31)34-26-9-7-8-10-29(26)42(39,40)21(4)5/h7-10,15-17,20-21,24H,6,11-14,18-19H2,1-5H3,(H2,33,34,35,36). The van der Waals surface area contributed by atoms with Crippen molar-refractivity contribution in [3.63, 3.8) is 0 Å². The number of rotatable bonds is 10. The lowest BCUT2D eigenvalue weighted by atomic mass is 10.0. The number of piperidine rings is 1. The second kappa shape index (κ2) is 12.8. The fourth-order valence-electron chi connectivity index (χ4n) is 5.60. The minimum Gasteiger partial charge on any atom is -0.489 e. The summed E-state index contributed by atoms with van der Waals surface area (Å²) >= 11 is 6.47. The van der Waals surface area contributed by atoms with Crippen LogP contribution in [-0.4, -0.2) is 65.2 Å². The SMILES string of the molecule is CCN1CCC(N2Cc3cc(Nc4ncc(Cl)c(Nc5ccccc5S(=O)(=O)C(C)C)n4)c(OC(C)C)cc3C2)CC1. The van der Waals surface area contributed by atoms with Crippen LogP contribution in [0.3, 0.4) is 0 Å². The summed E-state index contributed by atoms with van der Waals surface area (Å²) in [6, 6.07) is 11.6. The predicted octanol–water partition coefficient (Wildman–Crippen LogP) is 6.39. The molecule has 0 aliphatic carbocycles. The molecule has 0 spiro atoms. The molecular formula is C31H41ClN6O3S. The molecule has 3 heterocycles. The Morgan fingerprint density at radius 3 is 2.38 bits per heavy atom. The van der Waals surface area contributed by atoms with Gasteiger partial charge in [-0.25, -0.2) is 13.4 Å². The Balaban J connectivity index is 1.39. The highest BCUT2D eigenvalue weighted by Gasteiger charge is 2.30. The van der Waals surface area contributed by atoms with Crippen molar-refractivity contribution < 1.29 is 13.2 Å². The molecule has 0 saturated carbocycles. The highest BCUT2D eigenvalue weighted by molar-refractivity contribution is 7.92. The van der Waals surface area contributed by atoms with Crippen molar-refractivity contribution in [2.45, 2.75) is 82.8 Å². The summed E-state index contributed by atoms with van der Waals surface area (Å²) in [5.74, 6) is 1.37. The molecule has 1 fully saturated rings. The lowest BCUT2D eigenvalue weighted by Crippen LogP contribution is -2.42. The van der Waals surface area contributed by atoms with E-state index < -0.39 is 15.1 Å². The number of sulfone groups is 1. The molecule has 11 heteroatoms. The average Bonchev–Trinajstić information content (AvgIpc) is 3.37. The molecule has 42 heavy (non-hydrogen) atoms. The number of para-hydroxylation sites is 1. The van der Waals surface area contributed by atoms with Crippen LogP contribution in [0.5, 0.6) is 5.75 Å². The van der Waals surface area contributed by atoms with E-state index in [1.165, 1.54) is 30.2 Å². The summed E-state index contributed by atoms with van der Waals surface area (Å²) in [5, 5.41) is 6.17. The number of benzene rings is 2. The molecule has 2 aromatic carbocycles. The fourth-order valence-corrected chi connectivity index (χ4v) is 6.94. The number of nitrogens with one attached hydrogen (secondary N) is 2. The third-order valence-electron chi connectivity index (χ3n) is 7.99. The van der Waals surface area contributed by atoms with Crippen molar-refractivity contribution in [3.8, 4) is 5.75 Å². The Hall–Kier alpha value is -2.92. The largest absolute Gasteiger partial charge is 0.489 e. The highest BCUT2D eigenvalue weighted by atomic mass is 35.5. The quantitative estimate of drug-likeness (QED) is 0.270. The number of hydrogen-bond acceptors (Lipinski definition) is 9. The maximum atomic E-state index is 13.0.